The first kappa shape index (κ1) is 29.5. The Kier molecular flexibility index (Phi) is 7.64. The van der Waals surface area contributed by atoms with E-state index in [1.807, 2.05) is 31.9 Å². The summed E-state index contributed by atoms with van der Waals surface area (Å²) >= 11 is 0. The molecule has 2 atom stereocenters. The molecule has 8 nitrogen and oxygen atoms in total. The molecule has 4 heterocycles. The molecule has 3 aromatic carbocycles. The number of ether oxygens (including phenoxy) is 1. The van der Waals surface area contributed by atoms with Crippen molar-refractivity contribution in [2.75, 3.05) is 20.1 Å². The van der Waals surface area contributed by atoms with Crippen LogP contribution in [0.15, 0.2) is 54.7 Å². The topological polar surface area (TPSA) is 90.1 Å². The van der Waals surface area contributed by atoms with E-state index >= 15 is 0 Å². The minimum absolute atomic E-state index is 0.110. The summed E-state index contributed by atoms with van der Waals surface area (Å²) in [5, 5.41) is 2.36. The van der Waals surface area contributed by atoms with Gasteiger partial charge in [-0.1, -0.05) is 30.7 Å². The molecule has 2 aliphatic heterocycles. The first-order chi connectivity index (χ1) is 21.6. The van der Waals surface area contributed by atoms with Gasteiger partial charge in [-0.25, -0.2) is 14.8 Å². The SMILES string of the molecule is Cc1cc(-c2ccc3cc(-c4cnc([C@@H]5CCCCN5C(=O)OC(C)(C)C)[nH]4)ccc3c2)cc2[nH]c([C@@H]3CCCCN3C)nc12. The number of imidazole rings is 2. The van der Waals surface area contributed by atoms with Gasteiger partial charge < -0.3 is 14.7 Å². The summed E-state index contributed by atoms with van der Waals surface area (Å²) in [5.74, 6) is 1.90. The molecule has 2 N–H and O–H groups in total. The van der Waals surface area contributed by atoms with Crippen LogP contribution in [-0.4, -0.2) is 61.6 Å². The van der Waals surface area contributed by atoms with Crippen molar-refractivity contribution in [2.24, 2.45) is 0 Å². The number of nitrogens with zero attached hydrogens (tertiary/aromatic N) is 4. The van der Waals surface area contributed by atoms with Crippen LogP contribution in [0.25, 0.3) is 44.2 Å². The highest BCUT2D eigenvalue weighted by molar-refractivity contribution is 5.92. The van der Waals surface area contributed by atoms with Gasteiger partial charge >= 0.3 is 6.09 Å². The van der Waals surface area contributed by atoms with Crippen LogP contribution in [0.5, 0.6) is 0 Å². The molecular weight excluding hydrogens is 560 g/mol. The number of fused-ring (bicyclic) bond motifs is 2. The second kappa shape index (κ2) is 11.6. The lowest BCUT2D eigenvalue weighted by molar-refractivity contribution is 0.00854. The lowest BCUT2D eigenvalue weighted by atomic mass is 9.98. The Labute approximate surface area is 265 Å². The molecule has 1 amide bonds. The number of likely N-dealkylation sites (tertiary alicyclic amines) is 2. The van der Waals surface area contributed by atoms with Crippen LogP contribution in [0.4, 0.5) is 4.79 Å². The van der Waals surface area contributed by atoms with Crippen LogP contribution in [0, 0.1) is 6.92 Å². The van der Waals surface area contributed by atoms with Crippen molar-refractivity contribution in [3.63, 3.8) is 0 Å². The third kappa shape index (κ3) is 5.96. The van der Waals surface area contributed by atoms with E-state index in [4.69, 9.17) is 14.7 Å². The first-order valence-electron chi connectivity index (χ1n) is 16.4. The first-order valence-corrected chi connectivity index (χ1v) is 16.4. The average Bonchev–Trinajstić information content (AvgIpc) is 3.68. The molecule has 0 spiro atoms. The molecule has 2 aromatic heterocycles. The minimum Gasteiger partial charge on any atom is -0.444 e. The Morgan fingerprint density at radius 3 is 2.31 bits per heavy atom. The summed E-state index contributed by atoms with van der Waals surface area (Å²) in [6.45, 7) is 9.68. The van der Waals surface area contributed by atoms with Crippen molar-refractivity contribution in [2.45, 2.75) is 83.9 Å². The molecule has 0 unspecified atom stereocenters. The van der Waals surface area contributed by atoms with Crippen molar-refractivity contribution in [3.8, 4) is 22.4 Å². The van der Waals surface area contributed by atoms with Crippen LogP contribution in [0.3, 0.4) is 0 Å². The highest BCUT2D eigenvalue weighted by Gasteiger charge is 2.33. The number of aryl methyl sites for hydroxylation is 1. The van der Waals surface area contributed by atoms with E-state index in [-0.39, 0.29) is 12.1 Å². The summed E-state index contributed by atoms with van der Waals surface area (Å²) in [6.07, 6.45) is 8.19. The lowest BCUT2D eigenvalue weighted by Gasteiger charge is -2.35. The highest BCUT2D eigenvalue weighted by atomic mass is 16.6. The molecule has 7 rings (SSSR count). The predicted molar refractivity (Wildman–Crippen MR) is 180 cm³/mol. The molecule has 0 bridgehead atoms. The number of amides is 1. The standard InChI is InChI=1S/C37H44N6O2/c1-23-18-28(21-29-33(23)41-35(39-29)31-10-6-8-16-42(31)5)26-13-12-25-20-27(15-14-24(25)19-26)30-22-38-34(40-30)32-11-7-9-17-43(32)36(44)45-37(2,3)4/h12-15,18-22,31-32H,6-11,16-17H2,1-5H3,(H,38,40)(H,39,41)/t31-,32-/m0/s1. The van der Waals surface area contributed by atoms with Crippen LogP contribution in [0.1, 0.15) is 88.6 Å². The maximum Gasteiger partial charge on any atom is 0.410 e. The number of aromatic amines is 2. The van der Waals surface area contributed by atoms with E-state index < -0.39 is 5.60 Å². The number of piperidine rings is 2. The van der Waals surface area contributed by atoms with Gasteiger partial charge in [-0.3, -0.25) is 9.80 Å². The zero-order valence-corrected chi connectivity index (χ0v) is 27.1. The number of hydrogen-bond donors (Lipinski definition) is 2. The smallest absolute Gasteiger partial charge is 0.410 e. The maximum atomic E-state index is 13.0. The molecule has 2 saturated heterocycles. The lowest BCUT2D eigenvalue weighted by Crippen LogP contribution is -2.42. The van der Waals surface area contributed by atoms with Crippen LogP contribution in [-0.2, 0) is 4.74 Å². The third-order valence-electron chi connectivity index (χ3n) is 9.41. The molecule has 45 heavy (non-hydrogen) atoms. The number of nitrogens with one attached hydrogen (secondary N) is 2. The van der Waals surface area contributed by atoms with Crippen LogP contribution in [0.2, 0.25) is 0 Å². The Morgan fingerprint density at radius 1 is 0.844 bits per heavy atom. The van der Waals surface area contributed by atoms with E-state index in [0.717, 1.165) is 66.2 Å². The number of H-pyrrole nitrogens is 2. The Hall–Kier alpha value is -4.17. The van der Waals surface area contributed by atoms with Crippen LogP contribution >= 0.6 is 0 Å². The van der Waals surface area contributed by atoms with Gasteiger partial charge in [0.1, 0.15) is 17.2 Å². The molecule has 2 aliphatic rings. The molecule has 2 fully saturated rings. The van der Waals surface area contributed by atoms with Crippen molar-refractivity contribution in [1.29, 1.82) is 0 Å². The Balaban J connectivity index is 1.13. The van der Waals surface area contributed by atoms with Gasteiger partial charge in [0.25, 0.3) is 0 Å². The monoisotopic (exact) mass is 604 g/mol. The largest absolute Gasteiger partial charge is 0.444 e. The van der Waals surface area contributed by atoms with Crippen molar-refractivity contribution in [1.82, 2.24) is 29.7 Å². The fourth-order valence-corrected chi connectivity index (χ4v) is 7.06. The quantitative estimate of drug-likeness (QED) is 0.214. The van der Waals surface area contributed by atoms with E-state index in [9.17, 15) is 4.79 Å². The number of aromatic nitrogens is 4. The second-order valence-electron chi connectivity index (χ2n) is 13.9. The van der Waals surface area contributed by atoms with Gasteiger partial charge in [-0.2, -0.15) is 0 Å². The molecule has 0 aliphatic carbocycles. The number of benzene rings is 3. The zero-order chi connectivity index (χ0) is 31.3. The van der Waals surface area contributed by atoms with Crippen molar-refractivity contribution < 1.29 is 9.53 Å². The van der Waals surface area contributed by atoms with Crippen LogP contribution < -0.4 is 0 Å². The predicted octanol–water partition coefficient (Wildman–Crippen LogP) is 8.70. The van der Waals surface area contributed by atoms with Gasteiger partial charge in [0.15, 0.2) is 0 Å². The number of carbonyl (C=O) groups is 1. The Bertz CT molecular complexity index is 1860. The molecule has 234 valence electrons. The second-order valence-corrected chi connectivity index (χ2v) is 13.9. The summed E-state index contributed by atoms with van der Waals surface area (Å²) in [4.78, 5) is 34.2. The average molecular weight is 605 g/mol. The zero-order valence-electron chi connectivity index (χ0n) is 27.1. The number of carbonyl (C=O) groups excluding carboxylic acids is 1. The third-order valence-corrected chi connectivity index (χ3v) is 9.41. The number of hydrogen-bond acceptors (Lipinski definition) is 5. The summed E-state index contributed by atoms with van der Waals surface area (Å²) in [5.41, 5.74) is 7.24. The molecular formula is C37H44N6O2. The Morgan fingerprint density at radius 2 is 1.56 bits per heavy atom. The number of rotatable bonds is 4. The van der Waals surface area contributed by atoms with E-state index in [1.54, 1.807) is 0 Å². The summed E-state index contributed by atoms with van der Waals surface area (Å²) in [7, 11) is 2.21. The van der Waals surface area contributed by atoms with Gasteiger partial charge in [0.05, 0.1) is 35.0 Å². The van der Waals surface area contributed by atoms with E-state index in [2.05, 4.69) is 77.4 Å². The van der Waals surface area contributed by atoms with Gasteiger partial charge in [-0.05, 0) is 125 Å². The normalized spacial score (nSPS) is 19.8. The molecule has 8 heteroatoms. The fraction of sp³-hybridized carbons (Fsp3) is 0.432. The van der Waals surface area contributed by atoms with Crippen molar-refractivity contribution in [3.05, 3.63) is 71.9 Å². The van der Waals surface area contributed by atoms with Gasteiger partial charge in [0, 0.05) is 12.1 Å². The van der Waals surface area contributed by atoms with Crippen molar-refractivity contribution >= 4 is 27.9 Å². The summed E-state index contributed by atoms with van der Waals surface area (Å²) < 4.78 is 5.71. The fourth-order valence-electron chi connectivity index (χ4n) is 7.06. The van der Waals surface area contributed by atoms with Gasteiger partial charge in [0.2, 0.25) is 0 Å². The van der Waals surface area contributed by atoms with E-state index in [0.29, 0.717) is 12.6 Å². The maximum absolute atomic E-state index is 13.0. The van der Waals surface area contributed by atoms with Gasteiger partial charge in [-0.15, -0.1) is 0 Å². The minimum atomic E-state index is -0.529. The summed E-state index contributed by atoms with van der Waals surface area (Å²) in [6, 6.07) is 18.0. The molecule has 0 saturated carbocycles. The highest BCUT2D eigenvalue weighted by Crippen LogP contribution is 2.35. The molecule has 0 radical (unpaired) electrons. The van der Waals surface area contributed by atoms with E-state index in [1.165, 1.54) is 40.3 Å². The molecule has 5 aromatic rings.